The molecular formula is C25H30N2O4S. The fourth-order valence-electron chi connectivity index (χ4n) is 4.60. The van der Waals surface area contributed by atoms with Gasteiger partial charge in [0.1, 0.15) is 0 Å². The molecule has 170 valence electrons. The number of ketones is 1. The van der Waals surface area contributed by atoms with Crippen LogP contribution in [-0.2, 0) is 10.0 Å². The zero-order chi connectivity index (χ0) is 22.7. The number of nitrogens with zero attached hydrogens (tertiary/aromatic N) is 2. The number of rotatable bonds is 5. The van der Waals surface area contributed by atoms with Gasteiger partial charge in [-0.1, -0.05) is 42.8 Å². The van der Waals surface area contributed by atoms with Gasteiger partial charge >= 0.3 is 0 Å². The van der Waals surface area contributed by atoms with Crippen molar-refractivity contribution in [3.8, 4) is 0 Å². The summed E-state index contributed by atoms with van der Waals surface area (Å²) in [6.07, 6.45) is 4.02. The molecule has 6 nitrogen and oxygen atoms in total. The van der Waals surface area contributed by atoms with E-state index in [0.29, 0.717) is 50.1 Å². The minimum absolute atomic E-state index is 0.0895. The number of piperidine rings is 2. The molecule has 32 heavy (non-hydrogen) atoms. The molecule has 2 fully saturated rings. The number of likely N-dealkylation sites (tertiary alicyclic amines) is 1. The Hall–Kier alpha value is -2.51. The maximum absolute atomic E-state index is 13.3. The lowest BCUT2D eigenvalue weighted by Crippen LogP contribution is -2.40. The first-order chi connectivity index (χ1) is 15.4. The molecule has 2 heterocycles. The summed E-state index contributed by atoms with van der Waals surface area (Å²) in [5.41, 5.74) is 1.90. The van der Waals surface area contributed by atoms with Crippen LogP contribution in [0, 0.1) is 12.8 Å². The van der Waals surface area contributed by atoms with Gasteiger partial charge in [-0.05, 0) is 50.3 Å². The van der Waals surface area contributed by atoms with Crippen LogP contribution >= 0.6 is 0 Å². The molecule has 2 aliphatic rings. The molecule has 2 saturated heterocycles. The molecule has 0 unspecified atom stereocenters. The lowest BCUT2D eigenvalue weighted by molar-refractivity contribution is 0.0649. The zero-order valence-electron chi connectivity index (χ0n) is 18.5. The highest BCUT2D eigenvalue weighted by Gasteiger charge is 2.31. The van der Waals surface area contributed by atoms with E-state index in [1.54, 1.807) is 17.0 Å². The standard InChI is InChI=1S/C25H30N2O4S/c1-19-10-11-22(32(30,31)27-14-6-3-7-15-27)18-23(19)25(29)26-16-12-21(13-17-26)24(28)20-8-4-2-5-9-20/h2,4-5,8-11,18,21H,3,6-7,12-17H2,1H3. The van der Waals surface area contributed by atoms with Crippen molar-refractivity contribution < 1.29 is 18.0 Å². The summed E-state index contributed by atoms with van der Waals surface area (Å²) in [5, 5.41) is 0. The molecule has 0 N–H and O–H groups in total. The quantitative estimate of drug-likeness (QED) is 0.642. The molecule has 2 aliphatic heterocycles. The van der Waals surface area contributed by atoms with Gasteiger partial charge < -0.3 is 4.90 Å². The van der Waals surface area contributed by atoms with Gasteiger partial charge in [0, 0.05) is 43.2 Å². The second-order valence-corrected chi connectivity index (χ2v) is 10.7. The summed E-state index contributed by atoms with van der Waals surface area (Å²) in [4.78, 5) is 27.9. The van der Waals surface area contributed by atoms with E-state index in [9.17, 15) is 18.0 Å². The van der Waals surface area contributed by atoms with E-state index < -0.39 is 10.0 Å². The second-order valence-electron chi connectivity index (χ2n) is 8.74. The van der Waals surface area contributed by atoms with Crippen LogP contribution in [0.3, 0.4) is 0 Å². The van der Waals surface area contributed by atoms with Crippen LogP contribution in [0.2, 0.25) is 0 Å². The minimum atomic E-state index is -3.60. The van der Waals surface area contributed by atoms with Gasteiger partial charge in [-0.25, -0.2) is 8.42 Å². The van der Waals surface area contributed by atoms with Gasteiger partial charge in [-0.3, -0.25) is 9.59 Å². The third kappa shape index (κ3) is 4.64. The Morgan fingerprint density at radius 3 is 2.19 bits per heavy atom. The lowest BCUT2D eigenvalue weighted by atomic mass is 9.88. The van der Waals surface area contributed by atoms with Crippen molar-refractivity contribution in [1.82, 2.24) is 9.21 Å². The van der Waals surface area contributed by atoms with Crippen molar-refractivity contribution in [3.63, 3.8) is 0 Å². The average Bonchev–Trinajstić information content (AvgIpc) is 2.84. The van der Waals surface area contributed by atoms with Crippen LogP contribution < -0.4 is 0 Å². The SMILES string of the molecule is Cc1ccc(S(=O)(=O)N2CCCCC2)cc1C(=O)N1CCC(C(=O)c2ccccc2)CC1. The van der Waals surface area contributed by atoms with Crippen molar-refractivity contribution in [2.24, 2.45) is 5.92 Å². The van der Waals surface area contributed by atoms with E-state index in [1.165, 1.54) is 10.4 Å². The molecular weight excluding hydrogens is 424 g/mol. The largest absolute Gasteiger partial charge is 0.339 e. The topological polar surface area (TPSA) is 74.8 Å². The lowest BCUT2D eigenvalue weighted by Gasteiger charge is -2.32. The van der Waals surface area contributed by atoms with Gasteiger partial charge in [0.2, 0.25) is 10.0 Å². The van der Waals surface area contributed by atoms with Gasteiger partial charge in [0.05, 0.1) is 4.90 Å². The number of benzene rings is 2. The summed E-state index contributed by atoms with van der Waals surface area (Å²) in [6.45, 7) is 3.87. The Labute approximate surface area is 190 Å². The number of hydrogen-bond donors (Lipinski definition) is 0. The van der Waals surface area contributed by atoms with Crippen molar-refractivity contribution in [2.75, 3.05) is 26.2 Å². The molecule has 0 atom stereocenters. The Morgan fingerprint density at radius 2 is 1.53 bits per heavy atom. The van der Waals surface area contributed by atoms with E-state index in [2.05, 4.69) is 0 Å². The smallest absolute Gasteiger partial charge is 0.254 e. The highest BCUT2D eigenvalue weighted by molar-refractivity contribution is 7.89. The molecule has 7 heteroatoms. The van der Waals surface area contributed by atoms with Crippen LogP contribution in [0.25, 0.3) is 0 Å². The number of Topliss-reactive ketones (excluding diaryl/α,β-unsaturated/α-hetero) is 1. The molecule has 4 rings (SSSR count). The Bertz CT molecular complexity index is 1080. The molecule has 0 aliphatic carbocycles. The van der Waals surface area contributed by atoms with Crippen LogP contribution in [0.1, 0.15) is 58.4 Å². The number of amides is 1. The van der Waals surface area contributed by atoms with E-state index >= 15 is 0 Å². The third-order valence-corrected chi connectivity index (χ3v) is 8.50. The molecule has 0 saturated carbocycles. The Balaban J connectivity index is 1.47. The van der Waals surface area contributed by atoms with E-state index in [-0.39, 0.29) is 22.5 Å². The van der Waals surface area contributed by atoms with Crippen LogP contribution in [-0.4, -0.2) is 55.5 Å². The Kier molecular flexibility index (Phi) is 6.76. The monoisotopic (exact) mass is 454 g/mol. The molecule has 0 aromatic heterocycles. The van der Waals surface area contributed by atoms with Crippen molar-refractivity contribution >= 4 is 21.7 Å². The molecule has 0 bridgehead atoms. The number of carbonyl (C=O) groups excluding carboxylic acids is 2. The summed E-state index contributed by atoms with van der Waals surface area (Å²) in [6, 6.07) is 14.1. The summed E-state index contributed by atoms with van der Waals surface area (Å²) in [7, 11) is -3.60. The van der Waals surface area contributed by atoms with E-state index in [0.717, 1.165) is 24.8 Å². The van der Waals surface area contributed by atoms with Crippen molar-refractivity contribution in [1.29, 1.82) is 0 Å². The molecule has 2 aromatic rings. The maximum Gasteiger partial charge on any atom is 0.254 e. The fourth-order valence-corrected chi connectivity index (χ4v) is 6.14. The first-order valence-corrected chi connectivity index (χ1v) is 12.8. The summed E-state index contributed by atoms with van der Waals surface area (Å²) >= 11 is 0. The van der Waals surface area contributed by atoms with Gasteiger partial charge in [-0.15, -0.1) is 0 Å². The van der Waals surface area contributed by atoms with Crippen LogP contribution in [0.15, 0.2) is 53.4 Å². The minimum Gasteiger partial charge on any atom is -0.339 e. The van der Waals surface area contributed by atoms with E-state index in [4.69, 9.17) is 0 Å². The zero-order valence-corrected chi connectivity index (χ0v) is 19.3. The van der Waals surface area contributed by atoms with Gasteiger partial charge in [0.25, 0.3) is 5.91 Å². The highest BCUT2D eigenvalue weighted by atomic mass is 32.2. The maximum atomic E-state index is 13.3. The first kappa shape index (κ1) is 22.7. The van der Waals surface area contributed by atoms with Gasteiger partial charge in [0.15, 0.2) is 5.78 Å². The summed E-state index contributed by atoms with van der Waals surface area (Å²) < 4.78 is 27.7. The number of sulfonamides is 1. The second kappa shape index (κ2) is 9.55. The molecule has 1 amide bonds. The molecule has 2 aromatic carbocycles. The first-order valence-electron chi connectivity index (χ1n) is 11.4. The summed E-state index contributed by atoms with van der Waals surface area (Å²) in [5.74, 6) is -0.124. The van der Waals surface area contributed by atoms with Crippen LogP contribution in [0.4, 0.5) is 0 Å². The van der Waals surface area contributed by atoms with E-state index in [1.807, 2.05) is 37.3 Å². The molecule has 0 radical (unpaired) electrons. The average molecular weight is 455 g/mol. The third-order valence-electron chi connectivity index (χ3n) is 6.60. The van der Waals surface area contributed by atoms with Crippen molar-refractivity contribution in [2.45, 2.75) is 43.9 Å². The molecule has 0 spiro atoms. The predicted molar refractivity (Wildman–Crippen MR) is 123 cm³/mol. The van der Waals surface area contributed by atoms with Crippen LogP contribution in [0.5, 0.6) is 0 Å². The number of hydrogen-bond acceptors (Lipinski definition) is 4. The number of carbonyl (C=O) groups is 2. The van der Waals surface area contributed by atoms with Gasteiger partial charge in [-0.2, -0.15) is 4.31 Å². The predicted octanol–water partition coefficient (Wildman–Crippen LogP) is 3.90. The normalized spacial score (nSPS) is 18.5. The Morgan fingerprint density at radius 1 is 0.875 bits per heavy atom. The van der Waals surface area contributed by atoms with Crippen molar-refractivity contribution in [3.05, 3.63) is 65.2 Å². The highest BCUT2D eigenvalue weighted by Crippen LogP contribution is 2.26. The fraction of sp³-hybridized carbons (Fsp3) is 0.440. The number of aryl methyl sites for hydroxylation is 1.